The molecule has 20 heavy (non-hydrogen) atoms. The standard InChI is InChI=1S/C15H13Cl2NO2/c1-9(10-3-2-4-11(16)7-10)18-14-6-5-12(17)8-13(14)15(19)20/h2-9,18H,1H3,(H,19,20). The minimum atomic E-state index is -1.02. The van der Waals surface area contributed by atoms with Crippen molar-refractivity contribution < 1.29 is 9.90 Å². The zero-order valence-corrected chi connectivity index (χ0v) is 12.2. The predicted molar refractivity (Wildman–Crippen MR) is 81.9 cm³/mol. The summed E-state index contributed by atoms with van der Waals surface area (Å²) in [4.78, 5) is 11.2. The quantitative estimate of drug-likeness (QED) is 0.847. The maximum absolute atomic E-state index is 11.2. The molecule has 0 aliphatic carbocycles. The van der Waals surface area contributed by atoms with Crippen molar-refractivity contribution in [2.24, 2.45) is 0 Å². The molecule has 0 aromatic heterocycles. The van der Waals surface area contributed by atoms with Crippen molar-refractivity contribution in [2.75, 3.05) is 5.32 Å². The van der Waals surface area contributed by atoms with Crippen molar-refractivity contribution in [3.05, 3.63) is 63.6 Å². The van der Waals surface area contributed by atoms with Crippen LogP contribution in [-0.4, -0.2) is 11.1 Å². The van der Waals surface area contributed by atoms with E-state index in [1.165, 1.54) is 6.07 Å². The Hall–Kier alpha value is -1.71. The Labute approximate surface area is 127 Å². The van der Waals surface area contributed by atoms with E-state index >= 15 is 0 Å². The molecule has 1 atom stereocenters. The molecule has 5 heteroatoms. The summed E-state index contributed by atoms with van der Waals surface area (Å²) in [6, 6.07) is 12.1. The second-order valence-electron chi connectivity index (χ2n) is 4.42. The van der Waals surface area contributed by atoms with Gasteiger partial charge in [0.25, 0.3) is 0 Å². The second kappa shape index (κ2) is 6.16. The van der Waals surface area contributed by atoms with Gasteiger partial charge in [-0.2, -0.15) is 0 Å². The van der Waals surface area contributed by atoms with Crippen molar-refractivity contribution in [1.82, 2.24) is 0 Å². The molecule has 0 saturated carbocycles. The van der Waals surface area contributed by atoms with E-state index in [0.29, 0.717) is 15.7 Å². The summed E-state index contributed by atoms with van der Waals surface area (Å²) in [6.45, 7) is 1.94. The van der Waals surface area contributed by atoms with Gasteiger partial charge in [-0.05, 0) is 42.8 Å². The van der Waals surface area contributed by atoms with Crippen molar-refractivity contribution in [1.29, 1.82) is 0 Å². The van der Waals surface area contributed by atoms with Crippen LogP contribution in [0.25, 0.3) is 0 Å². The third-order valence-corrected chi connectivity index (χ3v) is 3.40. The smallest absolute Gasteiger partial charge is 0.337 e. The lowest BCUT2D eigenvalue weighted by molar-refractivity contribution is 0.0698. The van der Waals surface area contributed by atoms with Gasteiger partial charge in [0.1, 0.15) is 0 Å². The van der Waals surface area contributed by atoms with Crippen LogP contribution in [0.2, 0.25) is 10.0 Å². The van der Waals surface area contributed by atoms with Gasteiger partial charge in [0.05, 0.1) is 5.56 Å². The van der Waals surface area contributed by atoms with E-state index in [1.54, 1.807) is 18.2 Å². The van der Waals surface area contributed by atoms with Gasteiger partial charge >= 0.3 is 5.97 Å². The molecule has 0 radical (unpaired) electrons. The lowest BCUT2D eigenvalue weighted by Crippen LogP contribution is -2.10. The first-order valence-corrected chi connectivity index (χ1v) is 6.78. The van der Waals surface area contributed by atoms with Crippen molar-refractivity contribution in [3.63, 3.8) is 0 Å². The fourth-order valence-corrected chi connectivity index (χ4v) is 2.28. The number of anilines is 1. The molecule has 0 spiro atoms. The first-order chi connectivity index (χ1) is 9.47. The highest BCUT2D eigenvalue weighted by atomic mass is 35.5. The van der Waals surface area contributed by atoms with E-state index < -0.39 is 5.97 Å². The maximum Gasteiger partial charge on any atom is 0.337 e. The molecular formula is C15H13Cl2NO2. The number of halogens is 2. The van der Waals surface area contributed by atoms with Gasteiger partial charge in [0.15, 0.2) is 0 Å². The Kier molecular flexibility index (Phi) is 4.53. The van der Waals surface area contributed by atoms with Crippen LogP contribution in [0.15, 0.2) is 42.5 Å². The Morgan fingerprint density at radius 1 is 1.15 bits per heavy atom. The van der Waals surface area contributed by atoms with Crippen LogP contribution in [0.1, 0.15) is 28.9 Å². The third kappa shape index (κ3) is 3.44. The monoisotopic (exact) mass is 309 g/mol. The largest absolute Gasteiger partial charge is 0.478 e. The number of hydrogen-bond donors (Lipinski definition) is 2. The molecule has 0 amide bonds. The first kappa shape index (κ1) is 14.7. The van der Waals surface area contributed by atoms with Gasteiger partial charge in [-0.25, -0.2) is 4.79 Å². The van der Waals surface area contributed by atoms with Crippen LogP contribution in [0.4, 0.5) is 5.69 Å². The molecule has 0 bridgehead atoms. The third-order valence-electron chi connectivity index (χ3n) is 2.93. The van der Waals surface area contributed by atoms with E-state index in [0.717, 1.165) is 5.56 Å². The number of rotatable bonds is 4. The van der Waals surface area contributed by atoms with Crippen LogP contribution >= 0.6 is 23.2 Å². The Bertz CT molecular complexity index is 644. The number of nitrogens with one attached hydrogen (secondary N) is 1. The summed E-state index contributed by atoms with van der Waals surface area (Å²) < 4.78 is 0. The van der Waals surface area contributed by atoms with Gasteiger partial charge in [0.2, 0.25) is 0 Å². The van der Waals surface area contributed by atoms with Crippen molar-refractivity contribution in [2.45, 2.75) is 13.0 Å². The molecule has 1 unspecified atom stereocenters. The zero-order chi connectivity index (χ0) is 14.7. The SMILES string of the molecule is CC(Nc1ccc(Cl)cc1C(=O)O)c1cccc(Cl)c1. The molecule has 0 saturated heterocycles. The van der Waals surface area contributed by atoms with Crippen LogP contribution in [0, 0.1) is 0 Å². The zero-order valence-electron chi connectivity index (χ0n) is 10.7. The van der Waals surface area contributed by atoms with Crippen LogP contribution in [0.3, 0.4) is 0 Å². The lowest BCUT2D eigenvalue weighted by atomic mass is 10.1. The minimum Gasteiger partial charge on any atom is -0.478 e. The molecule has 2 aromatic carbocycles. The number of aromatic carboxylic acids is 1. The molecule has 2 aromatic rings. The maximum atomic E-state index is 11.2. The molecule has 0 heterocycles. The van der Waals surface area contributed by atoms with Gasteiger partial charge in [-0.1, -0.05) is 35.3 Å². The van der Waals surface area contributed by atoms with Crippen molar-refractivity contribution in [3.8, 4) is 0 Å². The Morgan fingerprint density at radius 3 is 2.50 bits per heavy atom. The molecule has 0 fully saturated rings. The highest BCUT2D eigenvalue weighted by molar-refractivity contribution is 6.31. The average Bonchev–Trinajstić information content (AvgIpc) is 2.40. The molecule has 104 valence electrons. The first-order valence-electron chi connectivity index (χ1n) is 6.02. The molecule has 0 aliphatic heterocycles. The lowest BCUT2D eigenvalue weighted by Gasteiger charge is -2.17. The number of hydrogen-bond acceptors (Lipinski definition) is 2. The number of carbonyl (C=O) groups is 1. The predicted octanol–water partition coefficient (Wildman–Crippen LogP) is 4.86. The minimum absolute atomic E-state index is 0.0759. The fraction of sp³-hybridized carbons (Fsp3) is 0.133. The van der Waals surface area contributed by atoms with Gasteiger partial charge in [0, 0.05) is 21.8 Å². The molecule has 2 rings (SSSR count). The van der Waals surface area contributed by atoms with Crippen LogP contribution < -0.4 is 5.32 Å². The van der Waals surface area contributed by atoms with E-state index in [4.69, 9.17) is 23.2 Å². The van der Waals surface area contributed by atoms with E-state index in [-0.39, 0.29) is 11.6 Å². The van der Waals surface area contributed by atoms with Gasteiger partial charge in [-0.3, -0.25) is 0 Å². The number of carboxylic acid groups (broad SMARTS) is 1. The normalized spacial score (nSPS) is 11.9. The highest BCUT2D eigenvalue weighted by Crippen LogP contribution is 2.26. The Balaban J connectivity index is 2.28. The topological polar surface area (TPSA) is 49.3 Å². The molecule has 0 aliphatic rings. The second-order valence-corrected chi connectivity index (χ2v) is 5.29. The summed E-state index contributed by atoms with van der Waals surface area (Å²) in [7, 11) is 0. The fourth-order valence-electron chi connectivity index (χ4n) is 1.91. The number of benzene rings is 2. The van der Waals surface area contributed by atoms with E-state index in [9.17, 15) is 9.90 Å². The molecule has 3 nitrogen and oxygen atoms in total. The van der Waals surface area contributed by atoms with E-state index in [1.807, 2.05) is 25.1 Å². The average molecular weight is 310 g/mol. The number of carboxylic acids is 1. The summed E-state index contributed by atoms with van der Waals surface area (Å²) in [5.74, 6) is -1.02. The van der Waals surface area contributed by atoms with Crippen LogP contribution in [-0.2, 0) is 0 Å². The van der Waals surface area contributed by atoms with E-state index in [2.05, 4.69) is 5.32 Å². The molecule has 2 N–H and O–H groups in total. The summed E-state index contributed by atoms with van der Waals surface area (Å²) in [6.07, 6.45) is 0. The summed E-state index contributed by atoms with van der Waals surface area (Å²) in [5, 5.41) is 13.4. The highest BCUT2D eigenvalue weighted by Gasteiger charge is 2.13. The van der Waals surface area contributed by atoms with Crippen molar-refractivity contribution >= 4 is 34.9 Å². The summed E-state index contributed by atoms with van der Waals surface area (Å²) >= 11 is 11.8. The van der Waals surface area contributed by atoms with Gasteiger partial charge in [-0.15, -0.1) is 0 Å². The molecular weight excluding hydrogens is 297 g/mol. The van der Waals surface area contributed by atoms with Crippen LogP contribution in [0.5, 0.6) is 0 Å². The van der Waals surface area contributed by atoms with Gasteiger partial charge < -0.3 is 10.4 Å². The Morgan fingerprint density at radius 2 is 1.85 bits per heavy atom. The summed E-state index contributed by atoms with van der Waals surface area (Å²) in [5.41, 5.74) is 1.64.